The molecule has 0 unspecified atom stereocenters. The Labute approximate surface area is 132 Å². The summed E-state index contributed by atoms with van der Waals surface area (Å²) in [5, 5.41) is 11.8. The molecule has 0 aliphatic carbocycles. The van der Waals surface area contributed by atoms with Gasteiger partial charge in [0, 0.05) is 6.54 Å². The summed E-state index contributed by atoms with van der Waals surface area (Å²) >= 11 is 0. The molecule has 6 nitrogen and oxygen atoms in total. The van der Waals surface area contributed by atoms with Crippen molar-refractivity contribution in [2.24, 2.45) is 5.10 Å². The van der Waals surface area contributed by atoms with Crippen LogP contribution in [0.4, 0.5) is 0 Å². The van der Waals surface area contributed by atoms with E-state index in [0.717, 1.165) is 23.4 Å². The van der Waals surface area contributed by atoms with Crippen LogP contribution in [0.5, 0.6) is 0 Å². The smallest absolute Gasteiger partial charge is 0.154 e. The Morgan fingerprint density at radius 2 is 1.65 bits per heavy atom. The molecule has 0 spiro atoms. The van der Waals surface area contributed by atoms with Gasteiger partial charge in [0.2, 0.25) is 0 Å². The molecule has 0 aliphatic heterocycles. The Bertz CT molecular complexity index is 938. The van der Waals surface area contributed by atoms with Crippen LogP contribution in [0.2, 0.25) is 0 Å². The Morgan fingerprint density at radius 1 is 0.913 bits per heavy atom. The van der Waals surface area contributed by atoms with Gasteiger partial charge in [-0.25, -0.2) is 9.66 Å². The molecule has 2 aromatic carbocycles. The molecule has 0 saturated carbocycles. The first-order valence-electron chi connectivity index (χ1n) is 7.28. The zero-order valence-electron chi connectivity index (χ0n) is 12.3. The van der Waals surface area contributed by atoms with Crippen LogP contribution < -0.4 is 0 Å². The van der Waals surface area contributed by atoms with Crippen LogP contribution in [0.25, 0.3) is 11.0 Å². The van der Waals surface area contributed by atoms with E-state index in [4.69, 9.17) is 0 Å². The van der Waals surface area contributed by atoms with Gasteiger partial charge in [0.05, 0.1) is 17.2 Å². The maximum absolute atomic E-state index is 4.67. The second kappa shape index (κ2) is 5.84. The summed E-state index contributed by atoms with van der Waals surface area (Å²) in [6.45, 7) is 0.741. The van der Waals surface area contributed by atoms with Crippen LogP contribution in [-0.4, -0.2) is 30.6 Å². The number of fused-ring (bicyclic) bond motifs is 1. The number of imidazole rings is 1. The fraction of sp³-hybridized carbons (Fsp3) is 0.0588. The molecule has 4 rings (SSSR count). The molecule has 112 valence electrons. The molecule has 2 aromatic heterocycles. The van der Waals surface area contributed by atoms with Gasteiger partial charge in [0.25, 0.3) is 0 Å². The number of hydrogen-bond donors (Lipinski definition) is 0. The van der Waals surface area contributed by atoms with Crippen molar-refractivity contribution in [3.8, 4) is 0 Å². The molecule has 0 radical (unpaired) electrons. The highest BCUT2D eigenvalue weighted by Gasteiger charge is 2.09. The maximum atomic E-state index is 4.67. The Morgan fingerprint density at radius 3 is 2.48 bits per heavy atom. The molecule has 0 fully saturated rings. The topological polar surface area (TPSA) is 60.9 Å². The highest BCUT2D eigenvalue weighted by atomic mass is 15.4. The fourth-order valence-corrected chi connectivity index (χ4v) is 2.50. The highest BCUT2D eigenvalue weighted by Crippen LogP contribution is 2.17. The Hall–Kier alpha value is -3.28. The lowest BCUT2D eigenvalue weighted by Crippen LogP contribution is -2.05. The summed E-state index contributed by atoms with van der Waals surface area (Å²) in [5.74, 6) is 0.795. The van der Waals surface area contributed by atoms with E-state index in [0.29, 0.717) is 0 Å². The second-order valence-corrected chi connectivity index (χ2v) is 5.12. The van der Waals surface area contributed by atoms with E-state index >= 15 is 0 Å². The van der Waals surface area contributed by atoms with E-state index < -0.39 is 0 Å². The van der Waals surface area contributed by atoms with Gasteiger partial charge in [-0.1, -0.05) is 42.5 Å². The molecular formula is C17H14N6. The summed E-state index contributed by atoms with van der Waals surface area (Å²) in [7, 11) is 0. The Balaban J connectivity index is 1.78. The van der Waals surface area contributed by atoms with Crippen molar-refractivity contribution < 1.29 is 0 Å². The zero-order chi connectivity index (χ0) is 15.5. The average Bonchev–Trinajstić information content (AvgIpc) is 3.22. The van der Waals surface area contributed by atoms with E-state index in [2.05, 4.69) is 43.0 Å². The van der Waals surface area contributed by atoms with Gasteiger partial charge in [-0.15, -0.1) is 10.2 Å². The van der Waals surface area contributed by atoms with E-state index in [-0.39, 0.29) is 0 Å². The molecule has 0 bridgehead atoms. The summed E-state index contributed by atoms with van der Waals surface area (Å²) in [4.78, 5) is 4.67. The molecule has 23 heavy (non-hydrogen) atoms. The van der Waals surface area contributed by atoms with Gasteiger partial charge >= 0.3 is 0 Å². The predicted molar refractivity (Wildman–Crippen MR) is 88.3 cm³/mol. The van der Waals surface area contributed by atoms with Crippen LogP contribution >= 0.6 is 0 Å². The minimum Gasteiger partial charge on any atom is -0.319 e. The van der Waals surface area contributed by atoms with E-state index in [9.17, 15) is 0 Å². The molecule has 0 amide bonds. The van der Waals surface area contributed by atoms with Crippen molar-refractivity contribution in [1.29, 1.82) is 0 Å². The highest BCUT2D eigenvalue weighted by molar-refractivity contribution is 5.85. The molecule has 4 aromatic rings. The zero-order valence-corrected chi connectivity index (χ0v) is 12.3. The minimum absolute atomic E-state index is 0.741. The van der Waals surface area contributed by atoms with Crippen molar-refractivity contribution in [3.63, 3.8) is 0 Å². The third-order valence-electron chi connectivity index (χ3n) is 3.58. The van der Waals surface area contributed by atoms with E-state index in [1.807, 2.05) is 36.4 Å². The van der Waals surface area contributed by atoms with Crippen LogP contribution in [-0.2, 0) is 6.54 Å². The van der Waals surface area contributed by atoms with Gasteiger partial charge in [0.15, 0.2) is 5.82 Å². The summed E-state index contributed by atoms with van der Waals surface area (Å²) in [6.07, 6.45) is 4.81. The van der Waals surface area contributed by atoms with Crippen LogP contribution in [0.1, 0.15) is 11.4 Å². The lowest BCUT2D eigenvalue weighted by Gasteiger charge is -2.07. The first kappa shape index (κ1) is 13.4. The number of nitrogens with zero attached hydrogens (tertiary/aromatic N) is 6. The number of hydrogen-bond acceptors (Lipinski definition) is 4. The molecule has 0 saturated heterocycles. The molecule has 0 aliphatic rings. The van der Waals surface area contributed by atoms with Crippen LogP contribution in [0.3, 0.4) is 0 Å². The second-order valence-electron chi connectivity index (χ2n) is 5.12. The van der Waals surface area contributed by atoms with Crippen LogP contribution in [0.15, 0.2) is 72.4 Å². The summed E-state index contributed by atoms with van der Waals surface area (Å²) < 4.78 is 3.70. The number of para-hydroxylation sites is 2. The maximum Gasteiger partial charge on any atom is 0.154 e. The van der Waals surface area contributed by atoms with Crippen molar-refractivity contribution in [2.75, 3.05) is 0 Å². The number of rotatable bonds is 4. The average molecular weight is 302 g/mol. The third kappa shape index (κ3) is 2.74. The third-order valence-corrected chi connectivity index (χ3v) is 3.58. The first-order valence-corrected chi connectivity index (χ1v) is 7.28. The summed E-state index contributed by atoms with van der Waals surface area (Å²) in [5.41, 5.74) is 3.25. The predicted octanol–water partition coefficient (Wildman–Crippen LogP) is 2.56. The van der Waals surface area contributed by atoms with Gasteiger partial charge in [0.1, 0.15) is 12.7 Å². The van der Waals surface area contributed by atoms with Crippen molar-refractivity contribution in [1.82, 2.24) is 24.4 Å². The fourth-order valence-electron chi connectivity index (χ4n) is 2.50. The summed E-state index contributed by atoms with van der Waals surface area (Å²) in [6, 6.07) is 18.4. The molecule has 0 atom stereocenters. The molecule has 2 heterocycles. The van der Waals surface area contributed by atoms with Crippen molar-refractivity contribution in [3.05, 3.63) is 78.6 Å². The van der Waals surface area contributed by atoms with Gasteiger partial charge < -0.3 is 4.57 Å². The number of aromatic nitrogens is 5. The van der Waals surface area contributed by atoms with Gasteiger partial charge in [-0.2, -0.15) is 5.10 Å². The lowest BCUT2D eigenvalue weighted by molar-refractivity contribution is 0.809. The van der Waals surface area contributed by atoms with E-state index in [1.165, 1.54) is 5.56 Å². The molecule has 6 heteroatoms. The first-order chi connectivity index (χ1) is 11.4. The number of benzene rings is 2. The quantitative estimate of drug-likeness (QED) is 0.544. The van der Waals surface area contributed by atoms with Gasteiger partial charge in [-0.05, 0) is 17.7 Å². The molecule has 0 N–H and O–H groups in total. The SMILES string of the molecule is C(=N\n1cnnc1)/c1nc2ccccc2n1Cc1ccccc1. The van der Waals surface area contributed by atoms with Gasteiger partial charge in [-0.3, -0.25) is 0 Å². The van der Waals surface area contributed by atoms with Crippen molar-refractivity contribution in [2.45, 2.75) is 6.54 Å². The monoisotopic (exact) mass is 302 g/mol. The normalized spacial score (nSPS) is 11.5. The largest absolute Gasteiger partial charge is 0.319 e. The van der Waals surface area contributed by atoms with E-state index in [1.54, 1.807) is 23.5 Å². The Kier molecular flexibility index (Phi) is 3.40. The van der Waals surface area contributed by atoms with Crippen LogP contribution in [0, 0.1) is 0 Å². The molecular weight excluding hydrogens is 288 g/mol. The standard InChI is InChI=1S/C17H14N6/c1-2-6-14(7-3-1)11-23-16-9-5-4-8-15(16)21-17(23)10-20-22-12-18-19-13-22/h1-10,12-13H,11H2/b20-10+. The minimum atomic E-state index is 0.741. The lowest BCUT2D eigenvalue weighted by atomic mass is 10.2. The van der Waals surface area contributed by atoms with Crippen molar-refractivity contribution >= 4 is 17.2 Å².